The number of nitrogens with zero attached hydrogens (tertiary/aromatic N) is 2. The fraction of sp³-hybridized carbons (Fsp3) is 0.0526. The molecule has 25 heavy (non-hydrogen) atoms. The normalized spacial score (nSPS) is 11.2. The van der Waals surface area contributed by atoms with Gasteiger partial charge in [-0.2, -0.15) is 0 Å². The first-order valence-corrected chi connectivity index (χ1v) is 7.68. The van der Waals surface area contributed by atoms with Crippen LogP contribution in [0, 0.1) is 18.6 Å². The molecular weight excluding hydrogens is 324 g/mol. The average molecular weight is 337 g/mol. The molecule has 0 spiro atoms. The van der Waals surface area contributed by atoms with Gasteiger partial charge in [0, 0.05) is 22.9 Å². The Hall–Kier alpha value is -3.28. The average Bonchev–Trinajstić information content (AvgIpc) is 2.95. The van der Waals surface area contributed by atoms with Crippen LogP contribution in [0.1, 0.15) is 5.69 Å². The Balaban J connectivity index is 2.00. The fourth-order valence-corrected chi connectivity index (χ4v) is 2.90. The number of hydrogen-bond donors (Lipinski definition) is 1. The van der Waals surface area contributed by atoms with Crippen molar-refractivity contribution < 1.29 is 8.78 Å². The van der Waals surface area contributed by atoms with E-state index in [4.69, 9.17) is 0 Å². The number of aromatic nitrogens is 3. The third-order valence-electron chi connectivity index (χ3n) is 4.07. The highest BCUT2D eigenvalue weighted by molar-refractivity contribution is 5.81. The first-order valence-electron chi connectivity index (χ1n) is 7.68. The molecule has 4 nitrogen and oxygen atoms in total. The van der Waals surface area contributed by atoms with Gasteiger partial charge >= 0.3 is 0 Å². The van der Waals surface area contributed by atoms with Gasteiger partial charge in [-0.3, -0.25) is 9.89 Å². The van der Waals surface area contributed by atoms with Crippen LogP contribution >= 0.6 is 0 Å². The minimum absolute atomic E-state index is 0.292. The lowest BCUT2D eigenvalue weighted by Crippen LogP contribution is -2.14. The standard InChI is InChI=1S/C19H13F2N3O/c1-11-18(12-5-3-2-4-6-12)19-22-16(10-17(25)24(19)23-11)13-7-8-14(20)15(21)9-13/h2-10,23H,1H3. The predicted octanol–water partition coefficient (Wildman–Crippen LogP) is 3.94. The summed E-state index contributed by atoms with van der Waals surface area (Å²) in [5.41, 5.74) is 3.25. The summed E-state index contributed by atoms with van der Waals surface area (Å²) in [7, 11) is 0. The van der Waals surface area contributed by atoms with Crippen LogP contribution in [0.5, 0.6) is 0 Å². The highest BCUT2D eigenvalue weighted by atomic mass is 19.2. The summed E-state index contributed by atoms with van der Waals surface area (Å²) < 4.78 is 28.1. The zero-order valence-electron chi connectivity index (χ0n) is 13.3. The Morgan fingerprint density at radius 2 is 1.72 bits per heavy atom. The van der Waals surface area contributed by atoms with Crippen molar-refractivity contribution in [3.8, 4) is 22.4 Å². The summed E-state index contributed by atoms with van der Waals surface area (Å²) >= 11 is 0. The molecule has 1 N–H and O–H groups in total. The quantitative estimate of drug-likeness (QED) is 0.602. The number of halogens is 2. The maximum absolute atomic E-state index is 13.5. The molecule has 0 aliphatic heterocycles. The number of aromatic amines is 1. The van der Waals surface area contributed by atoms with Crippen molar-refractivity contribution in [1.29, 1.82) is 0 Å². The molecule has 0 atom stereocenters. The first-order chi connectivity index (χ1) is 12.0. The minimum Gasteiger partial charge on any atom is -0.293 e. The molecule has 2 aromatic carbocycles. The van der Waals surface area contributed by atoms with Crippen LogP contribution in [-0.2, 0) is 0 Å². The van der Waals surface area contributed by atoms with Crippen LogP contribution in [0.2, 0.25) is 0 Å². The molecule has 4 rings (SSSR count). The Morgan fingerprint density at radius 1 is 0.960 bits per heavy atom. The van der Waals surface area contributed by atoms with Gasteiger partial charge in [-0.05, 0) is 30.7 Å². The van der Waals surface area contributed by atoms with Crippen LogP contribution in [0.4, 0.5) is 8.78 Å². The van der Waals surface area contributed by atoms with Crippen molar-refractivity contribution in [3.05, 3.63) is 82.3 Å². The van der Waals surface area contributed by atoms with E-state index in [1.165, 1.54) is 16.6 Å². The van der Waals surface area contributed by atoms with Crippen molar-refractivity contribution in [3.63, 3.8) is 0 Å². The maximum Gasteiger partial charge on any atom is 0.273 e. The first kappa shape index (κ1) is 15.3. The van der Waals surface area contributed by atoms with Crippen molar-refractivity contribution in [2.45, 2.75) is 6.92 Å². The van der Waals surface area contributed by atoms with E-state index in [0.29, 0.717) is 16.9 Å². The topological polar surface area (TPSA) is 50.2 Å². The van der Waals surface area contributed by atoms with Gasteiger partial charge in [-0.15, -0.1) is 0 Å². The van der Waals surface area contributed by atoms with E-state index in [1.54, 1.807) is 0 Å². The summed E-state index contributed by atoms with van der Waals surface area (Å²) in [6.45, 7) is 1.85. The summed E-state index contributed by atoms with van der Waals surface area (Å²) in [5, 5.41) is 3.00. The van der Waals surface area contributed by atoms with E-state index in [1.807, 2.05) is 37.3 Å². The molecule has 0 radical (unpaired) electrons. The largest absolute Gasteiger partial charge is 0.293 e. The third kappa shape index (κ3) is 2.52. The highest BCUT2D eigenvalue weighted by Gasteiger charge is 2.15. The number of hydrogen-bond acceptors (Lipinski definition) is 2. The van der Waals surface area contributed by atoms with Gasteiger partial charge in [0.2, 0.25) is 0 Å². The van der Waals surface area contributed by atoms with E-state index in [0.717, 1.165) is 29.0 Å². The van der Waals surface area contributed by atoms with E-state index in [9.17, 15) is 13.6 Å². The minimum atomic E-state index is -0.979. The van der Waals surface area contributed by atoms with Gasteiger partial charge in [-0.25, -0.2) is 18.3 Å². The molecule has 4 aromatic rings. The third-order valence-corrected chi connectivity index (χ3v) is 4.07. The summed E-state index contributed by atoms with van der Waals surface area (Å²) in [6, 6.07) is 14.3. The van der Waals surface area contributed by atoms with Gasteiger partial charge in [-0.1, -0.05) is 30.3 Å². The lowest BCUT2D eigenvalue weighted by molar-refractivity contribution is 0.509. The Morgan fingerprint density at radius 3 is 2.44 bits per heavy atom. The molecule has 0 aliphatic rings. The molecule has 0 aliphatic carbocycles. The molecule has 0 saturated heterocycles. The SMILES string of the molecule is Cc1[nH]n2c(=O)cc(-c3ccc(F)c(F)c3)nc2c1-c1ccccc1. The van der Waals surface area contributed by atoms with Crippen LogP contribution in [0.15, 0.2) is 59.4 Å². The number of benzene rings is 2. The lowest BCUT2D eigenvalue weighted by Gasteiger charge is -2.04. The number of fused-ring (bicyclic) bond motifs is 1. The van der Waals surface area contributed by atoms with Gasteiger partial charge in [0.25, 0.3) is 5.56 Å². The van der Waals surface area contributed by atoms with Crippen LogP contribution in [-0.4, -0.2) is 14.6 Å². The van der Waals surface area contributed by atoms with Crippen LogP contribution < -0.4 is 5.56 Å². The summed E-state index contributed by atoms with van der Waals surface area (Å²) in [4.78, 5) is 17.0. The summed E-state index contributed by atoms with van der Waals surface area (Å²) in [6.07, 6.45) is 0. The van der Waals surface area contributed by atoms with Crippen molar-refractivity contribution in [2.75, 3.05) is 0 Å². The zero-order valence-corrected chi connectivity index (χ0v) is 13.3. The molecular formula is C19H13F2N3O. The van der Waals surface area contributed by atoms with E-state index in [2.05, 4.69) is 10.1 Å². The van der Waals surface area contributed by atoms with E-state index >= 15 is 0 Å². The molecule has 124 valence electrons. The van der Waals surface area contributed by atoms with E-state index < -0.39 is 11.6 Å². The van der Waals surface area contributed by atoms with Gasteiger partial charge in [0.15, 0.2) is 17.3 Å². The maximum atomic E-state index is 13.5. The van der Waals surface area contributed by atoms with Crippen molar-refractivity contribution in [1.82, 2.24) is 14.6 Å². The molecule has 6 heteroatoms. The number of rotatable bonds is 2. The van der Waals surface area contributed by atoms with Crippen LogP contribution in [0.25, 0.3) is 28.0 Å². The summed E-state index contributed by atoms with van der Waals surface area (Å²) in [5.74, 6) is -1.92. The second-order valence-electron chi connectivity index (χ2n) is 5.75. The second kappa shape index (κ2) is 5.66. The zero-order chi connectivity index (χ0) is 17.6. The van der Waals surface area contributed by atoms with Gasteiger partial charge in [0.05, 0.1) is 5.69 Å². The number of nitrogens with one attached hydrogen (secondary N) is 1. The van der Waals surface area contributed by atoms with Gasteiger partial charge < -0.3 is 0 Å². The molecule has 0 saturated carbocycles. The molecule has 0 bridgehead atoms. The molecule has 2 heterocycles. The molecule has 0 fully saturated rings. The highest BCUT2D eigenvalue weighted by Crippen LogP contribution is 2.28. The number of aryl methyl sites for hydroxylation is 1. The number of H-pyrrole nitrogens is 1. The van der Waals surface area contributed by atoms with Gasteiger partial charge in [0.1, 0.15) is 0 Å². The van der Waals surface area contributed by atoms with Crippen molar-refractivity contribution >= 4 is 5.65 Å². The van der Waals surface area contributed by atoms with Crippen LogP contribution in [0.3, 0.4) is 0 Å². The lowest BCUT2D eigenvalue weighted by atomic mass is 10.1. The van der Waals surface area contributed by atoms with Crippen molar-refractivity contribution in [2.24, 2.45) is 0 Å². The Labute approximate surface area is 141 Å². The fourth-order valence-electron chi connectivity index (χ4n) is 2.90. The molecule has 2 aromatic heterocycles. The van der Waals surface area contributed by atoms with E-state index in [-0.39, 0.29) is 5.56 Å². The Bertz CT molecular complexity index is 1150. The smallest absolute Gasteiger partial charge is 0.273 e. The Kier molecular flexibility index (Phi) is 3.46. The second-order valence-corrected chi connectivity index (χ2v) is 5.75. The molecule has 0 unspecified atom stereocenters. The molecule has 0 amide bonds. The predicted molar refractivity (Wildman–Crippen MR) is 91.3 cm³/mol. The monoisotopic (exact) mass is 337 g/mol.